The molecule has 0 saturated carbocycles. The number of hydrogen-bond donors (Lipinski definition) is 0. The van der Waals surface area contributed by atoms with E-state index in [0.717, 1.165) is 12.3 Å². The number of rotatable bonds is 4. The van der Waals surface area contributed by atoms with Crippen molar-refractivity contribution in [3.8, 4) is 0 Å². The highest BCUT2D eigenvalue weighted by Gasteiger charge is 2.34. The number of hydrogen-bond acceptors (Lipinski definition) is 0. The molecule has 0 heterocycles. The van der Waals surface area contributed by atoms with Crippen molar-refractivity contribution in [2.24, 2.45) is 11.3 Å². The second kappa shape index (κ2) is 4.68. The highest BCUT2D eigenvalue weighted by Crippen LogP contribution is 2.40. The van der Waals surface area contributed by atoms with Crippen LogP contribution in [0.25, 0.3) is 0 Å². The van der Waals surface area contributed by atoms with E-state index >= 15 is 0 Å². The molecule has 0 aliphatic rings. The Kier molecular flexibility index (Phi) is 4.79. The molecule has 0 N–H and O–H groups in total. The van der Waals surface area contributed by atoms with E-state index in [-0.39, 0.29) is 10.3 Å². The van der Waals surface area contributed by atoms with Crippen molar-refractivity contribution >= 4 is 11.6 Å². The Balaban J connectivity index is 3.90. The van der Waals surface area contributed by atoms with E-state index in [9.17, 15) is 0 Å². The SMILES string of the molecule is CC(C)CCCC(C)(Cl)C(C)(C)C. The molecule has 0 nitrogen and oxygen atoms in total. The minimum atomic E-state index is -0.0537. The van der Waals surface area contributed by atoms with Crippen molar-refractivity contribution in [3.05, 3.63) is 0 Å². The van der Waals surface area contributed by atoms with Crippen LogP contribution in [0.4, 0.5) is 0 Å². The predicted octanol–water partition coefficient (Wildman–Crippen LogP) is 4.86. The average Bonchev–Trinajstić information content (AvgIpc) is 1.82. The summed E-state index contributed by atoms with van der Waals surface area (Å²) in [6, 6.07) is 0. The highest BCUT2D eigenvalue weighted by atomic mass is 35.5. The molecule has 0 aromatic carbocycles. The van der Waals surface area contributed by atoms with E-state index in [4.69, 9.17) is 11.6 Å². The maximum absolute atomic E-state index is 6.50. The Bertz CT molecular complexity index is 140. The van der Waals surface area contributed by atoms with Gasteiger partial charge in [0.25, 0.3) is 0 Å². The van der Waals surface area contributed by atoms with Crippen molar-refractivity contribution in [2.45, 2.75) is 65.7 Å². The first kappa shape index (κ1) is 13.3. The van der Waals surface area contributed by atoms with Gasteiger partial charge in [-0.3, -0.25) is 0 Å². The Morgan fingerprint density at radius 1 is 1.08 bits per heavy atom. The van der Waals surface area contributed by atoms with Gasteiger partial charge in [-0.1, -0.05) is 47.5 Å². The summed E-state index contributed by atoms with van der Waals surface area (Å²) in [5.41, 5.74) is 0.200. The van der Waals surface area contributed by atoms with Crippen molar-refractivity contribution in [1.82, 2.24) is 0 Å². The van der Waals surface area contributed by atoms with Crippen molar-refractivity contribution in [3.63, 3.8) is 0 Å². The first-order valence-corrected chi connectivity index (χ1v) is 5.73. The molecular weight excluding hydrogens is 180 g/mol. The molecule has 0 bridgehead atoms. The zero-order chi connectivity index (χ0) is 10.7. The molecule has 0 aromatic rings. The summed E-state index contributed by atoms with van der Waals surface area (Å²) in [5, 5.41) is 0. The first-order chi connectivity index (χ1) is 5.67. The zero-order valence-corrected chi connectivity index (χ0v) is 10.8. The van der Waals surface area contributed by atoms with Crippen LogP contribution in [0.15, 0.2) is 0 Å². The fourth-order valence-corrected chi connectivity index (χ4v) is 1.35. The molecule has 1 heteroatoms. The smallest absolute Gasteiger partial charge is 0.0466 e. The van der Waals surface area contributed by atoms with Gasteiger partial charge in [0.1, 0.15) is 0 Å². The molecule has 0 aliphatic carbocycles. The largest absolute Gasteiger partial charge is 0.119 e. The van der Waals surface area contributed by atoms with Crippen molar-refractivity contribution < 1.29 is 0 Å². The van der Waals surface area contributed by atoms with E-state index in [1.165, 1.54) is 12.8 Å². The highest BCUT2D eigenvalue weighted by molar-refractivity contribution is 6.24. The second-order valence-corrected chi connectivity index (χ2v) is 6.57. The fourth-order valence-electron chi connectivity index (χ4n) is 1.22. The van der Waals surface area contributed by atoms with Crippen LogP contribution < -0.4 is 0 Å². The lowest BCUT2D eigenvalue weighted by molar-refractivity contribution is 0.267. The molecular formula is C12H25Cl. The van der Waals surface area contributed by atoms with E-state index < -0.39 is 0 Å². The summed E-state index contributed by atoms with van der Waals surface area (Å²) in [5.74, 6) is 0.799. The topological polar surface area (TPSA) is 0 Å². The normalized spacial score (nSPS) is 17.5. The standard InChI is InChI=1S/C12H25Cl/c1-10(2)8-7-9-12(6,13)11(3,4)5/h10H,7-9H2,1-6H3. The lowest BCUT2D eigenvalue weighted by atomic mass is 9.78. The zero-order valence-electron chi connectivity index (χ0n) is 10.1. The summed E-state index contributed by atoms with van der Waals surface area (Å²) >= 11 is 6.50. The Hall–Kier alpha value is 0.290. The third-order valence-electron chi connectivity index (χ3n) is 2.99. The Morgan fingerprint density at radius 2 is 1.54 bits per heavy atom. The summed E-state index contributed by atoms with van der Waals surface area (Å²) in [6.07, 6.45) is 3.66. The molecule has 0 fully saturated rings. The van der Waals surface area contributed by atoms with Crippen LogP contribution in [0.2, 0.25) is 0 Å². The summed E-state index contributed by atoms with van der Waals surface area (Å²) in [7, 11) is 0. The Labute approximate surface area is 89.1 Å². The fraction of sp³-hybridized carbons (Fsp3) is 1.00. The molecule has 0 amide bonds. The maximum atomic E-state index is 6.50. The van der Waals surface area contributed by atoms with Crippen molar-refractivity contribution in [2.75, 3.05) is 0 Å². The van der Waals surface area contributed by atoms with Crippen LogP contribution in [0.5, 0.6) is 0 Å². The molecule has 0 radical (unpaired) electrons. The molecule has 80 valence electrons. The Morgan fingerprint density at radius 3 is 1.85 bits per heavy atom. The van der Waals surface area contributed by atoms with Gasteiger partial charge in [-0.2, -0.15) is 0 Å². The molecule has 0 aromatic heterocycles. The monoisotopic (exact) mass is 204 g/mol. The van der Waals surface area contributed by atoms with Crippen LogP contribution >= 0.6 is 11.6 Å². The van der Waals surface area contributed by atoms with Crippen LogP contribution in [-0.2, 0) is 0 Å². The number of halogens is 1. The second-order valence-electron chi connectivity index (χ2n) is 5.73. The molecule has 1 atom stereocenters. The minimum Gasteiger partial charge on any atom is -0.119 e. The number of alkyl halides is 1. The van der Waals surface area contributed by atoms with Gasteiger partial charge in [0.2, 0.25) is 0 Å². The lowest BCUT2D eigenvalue weighted by Gasteiger charge is -2.36. The van der Waals surface area contributed by atoms with Crippen LogP contribution in [0, 0.1) is 11.3 Å². The van der Waals surface area contributed by atoms with E-state index in [1.54, 1.807) is 0 Å². The van der Waals surface area contributed by atoms with Crippen LogP contribution in [-0.4, -0.2) is 4.87 Å². The first-order valence-electron chi connectivity index (χ1n) is 5.36. The quantitative estimate of drug-likeness (QED) is 0.574. The van der Waals surface area contributed by atoms with Gasteiger partial charge < -0.3 is 0 Å². The minimum absolute atomic E-state index is 0.0537. The van der Waals surface area contributed by atoms with Gasteiger partial charge in [0.05, 0.1) is 0 Å². The predicted molar refractivity (Wildman–Crippen MR) is 62.4 cm³/mol. The molecule has 0 rings (SSSR count). The van der Waals surface area contributed by atoms with Gasteiger partial charge in [0, 0.05) is 4.87 Å². The van der Waals surface area contributed by atoms with Gasteiger partial charge in [0.15, 0.2) is 0 Å². The molecule has 0 aliphatic heterocycles. The molecule has 1 unspecified atom stereocenters. The third-order valence-corrected chi connectivity index (χ3v) is 3.75. The van der Waals surface area contributed by atoms with E-state index in [1.807, 2.05) is 0 Å². The summed E-state index contributed by atoms with van der Waals surface area (Å²) in [6.45, 7) is 13.3. The van der Waals surface area contributed by atoms with E-state index in [2.05, 4.69) is 41.5 Å². The van der Waals surface area contributed by atoms with Crippen molar-refractivity contribution in [1.29, 1.82) is 0 Å². The average molecular weight is 205 g/mol. The molecule has 13 heavy (non-hydrogen) atoms. The molecule has 0 saturated heterocycles. The summed E-state index contributed by atoms with van der Waals surface area (Å²) in [4.78, 5) is -0.0537. The van der Waals surface area contributed by atoms with Crippen LogP contribution in [0.1, 0.15) is 60.8 Å². The van der Waals surface area contributed by atoms with Gasteiger partial charge in [-0.05, 0) is 24.7 Å². The van der Waals surface area contributed by atoms with Crippen LogP contribution in [0.3, 0.4) is 0 Å². The molecule has 0 spiro atoms. The van der Waals surface area contributed by atoms with Gasteiger partial charge in [-0.25, -0.2) is 0 Å². The lowest BCUT2D eigenvalue weighted by Crippen LogP contribution is -2.33. The van der Waals surface area contributed by atoms with E-state index in [0.29, 0.717) is 0 Å². The van der Waals surface area contributed by atoms with Gasteiger partial charge >= 0.3 is 0 Å². The third kappa shape index (κ3) is 4.90. The maximum Gasteiger partial charge on any atom is 0.0466 e. The summed E-state index contributed by atoms with van der Waals surface area (Å²) < 4.78 is 0. The van der Waals surface area contributed by atoms with Gasteiger partial charge in [-0.15, -0.1) is 11.6 Å².